The molecule has 1 aliphatic carbocycles. The number of aromatic nitrogens is 2. The molecular formula is C23H26FN3O. The molecule has 1 fully saturated rings. The predicted octanol–water partition coefficient (Wildman–Crippen LogP) is 4.68. The number of imidazole rings is 1. The smallest absolute Gasteiger partial charge is 0.223 e. The molecule has 3 aromatic rings. The minimum Gasteiger partial charge on any atom is -0.352 e. The van der Waals surface area contributed by atoms with E-state index in [1.54, 1.807) is 18.2 Å². The third-order valence-corrected chi connectivity index (χ3v) is 5.87. The van der Waals surface area contributed by atoms with E-state index in [4.69, 9.17) is 4.98 Å². The molecule has 1 heterocycles. The zero-order valence-electron chi connectivity index (χ0n) is 16.2. The number of fused-ring (bicyclic) bond motifs is 1. The molecule has 2 aromatic carbocycles. The summed E-state index contributed by atoms with van der Waals surface area (Å²) in [5, 5.41) is 2.90. The van der Waals surface area contributed by atoms with Crippen LogP contribution in [0.5, 0.6) is 0 Å². The van der Waals surface area contributed by atoms with Gasteiger partial charge in [-0.25, -0.2) is 9.37 Å². The second-order valence-electron chi connectivity index (χ2n) is 7.89. The molecule has 0 bridgehead atoms. The summed E-state index contributed by atoms with van der Waals surface area (Å²) in [6.07, 6.45) is 4.74. The van der Waals surface area contributed by atoms with Crippen molar-refractivity contribution in [1.82, 2.24) is 15.3 Å². The van der Waals surface area contributed by atoms with E-state index in [0.717, 1.165) is 49.0 Å². The molecule has 28 heavy (non-hydrogen) atoms. The van der Waals surface area contributed by atoms with Crippen molar-refractivity contribution in [2.75, 3.05) is 0 Å². The molecule has 0 unspecified atom stereocenters. The number of H-pyrrole nitrogens is 1. The van der Waals surface area contributed by atoms with Crippen LogP contribution in [-0.2, 0) is 17.8 Å². The summed E-state index contributed by atoms with van der Waals surface area (Å²) in [7, 11) is 0. The molecule has 5 heteroatoms. The van der Waals surface area contributed by atoms with Crippen LogP contribution in [0.3, 0.4) is 0 Å². The Morgan fingerprint density at radius 1 is 1.14 bits per heavy atom. The predicted molar refractivity (Wildman–Crippen MR) is 108 cm³/mol. The van der Waals surface area contributed by atoms with Crippen LogP contribution in [0.2, 0.25) is 0 Å². The Labute approximate surface area is 164 Å². The van der Waals surface area contributed by atoms with E-state index in [2.05, 4.69) is 29.4 Å². The van der Waals surface area contributed by atoms with Gasteiger partial charge < -0.3 is 10.3 Å². The summed E-state index contributed by atoms with van der Waals surface area (Å²) in [6, 6.07) is 12.8. The normalized spacial score (nSPS) is 19.6. The fourth-order valence-corrected chi connectivity index (χ4v) is 4.19. The van der Waals surface area contributed by atoms with Crippen molar-refractivity contribution in [2.24, 2.45) is 11.8 Å². The molecule has 0 spiro atoms. The van der Waals surface area contributed by atoms with Crippen molar-refractivity contribution in [3.8, 4) is 0 Å². The largest absolute Gasteiger partial charge is 0.352 e. The van der Waals surface area contributed by atoms with Gasteiger partial charge in [-0.15, -0.1) is 0 Å². The van der Waals surface area contributed by atoms with Crippen molar-refractivity contribution in [3.05, 3.63) is 65.2 Å². The molecule has 2 N–H and O–H groups in total. The maximum absolute atomic E-state index is 13.7. The third-order valence-electron chi connectivity index (χ3n) is 5.87. The van der Waals surface area contributed by atoms with Crippen LogP contribution < -0.4 is 5.32 Å². The Kier molecular flexibility index (Phi) is 5.42. The Hall–Kier alpha value is -2.69. The van der Waals surface area contributed by atoms with Crippen LogP contribution in [0.1, 0.15) is 42.6 Å². The van der Waals surface area contributed by atoms with Gasteiger partial charge in [0.05, 0.1) is 11.0 Å². The van der Waals surface area contributed by atoms with E-state index >= 15 is 0 Å². The molecule has 1 saturated carbocycles. The van der Waals surface area contributed by atoms with Crippen molar-refractivity contribution in [1.29, 1.82) is 0 Å². The van der Waals surface area contributed by atoms with Gasteiger partial charge in [-0.3, -0.25) is 4.79 Å². The number of hydrogen-bond donors (Lipinski definition) is 2. The van der Waals surface area contributed by atoms with E-state index in [0.29, 0.717) is 11.5 Å². The number of halogens is 1. The zero-order valence-corrected chi connectivity index (χ0v) is 16.2. The second-order valence-corrected chi connectivity index (χ2v) is 7.89. The van der Waals surface area contributed by atoms with Crippen molar-refractivity contribution in [3.63, 3.8) is 0 Å². The minimum atomic E-state index is -0.271. The minimum absolute atomic E-state index is 0.0286. The Morgan fingerprint density at radius 3 is 2.68 bits per heavy atom. The number of hydrogen-bond acceptors (Lipinski definition) is 2. The second kappa shape index (κ2) is 8.13. The maximum atomic E-state index is 13.7. The van der Waals surface area contributed by atoms with Gasteiger partial charge in [-0.1, -0.05) is 30.3 Å². The number of para-hydroxylation sites is 1. The Balaban J connectivity index is 1.28. The van der Waals surface area contributed by atoms with Gasteiger partial charge >= 0.3 is 0 Å². The zero-order chi connectivity index (χ0) is 19.5. The molecule has 4 rings (SSSR count). The van der Waals surface area contributed by atoms with Crippen LogP contribution >= 0.6 is 0 Å². The lowest BCUT2D eigenvalue weighted by atomic mass is 9.80. The van der Waals surface area contributed by atoms with Gasteiger partial charge in [0.1, 0.15) is 11.6 Å². The number of aromatic amines is 1. The molecule has 1 aliphatic rings. The highest BCUT2D eigenvalue weighted by Gasteiger charge is 2.27. The monoisotopic (exact) mass is 379 g/mol. The molecular weight excluding hydrogens is 353 g/mol. The number of carbonyl (C=O) groups is 1. The highest BCUT2D eigenvalue weighted by Crippen LogP contribution is 2.31. The van der Waals surface area contributed by atoms with E-state index in [1.807, 2.05) is 6.07 Å². The van der Waals surface area contributed by atoms with Crippen LogP contribution in [0.4, 0.5) is 4.39 Å². The topological polar surface area (TPSA) is 57.8 Å². The van der Waals surface area contributed by atoms with Gasteiger partial charge in [0, 0.05) is 24.4 Å². The summed E-state index contributed by atoms with van der Waals surface area (Å²) in [5.74, 6) is 1.39. The number of nitrogens with one attached hydrogen (secondary N) is 2. The first-order valence-corrected chi connectivity index (χ1v) is 10.1. The summed E-state index contributed by atoms with van der Waals surface area (Å²) >= 11 is 0. The van der Waals surface area contributed by atoms with Crippen LogP contribution in [0.15, 0.2) is 42.5 Å². The number of aryl methyl sites for hydroxylation is 1. The lowest BCUT2D eigenvalue weighted by Gasteiger charge is -2.27. The molecule has 0 saturated heterocycles. The average molecular weight is 379 g/mol. The number of carbonyl (C=O) groups excluding carboxylic acids is 1. The molecule has 0 aliphatic heterocycles. The molecule has 1 amide bonds. The first-order chi connectivity index (χ1) is 13.6. The molecule has 1 aromatic heterocycles. The summed E-state index contributed by atoms with van der Waals surface area (Å²) < 4.78 is 13.7. The van der Waals surface area contributed by atoms with E-state index in [9.17, 15) is 9.18 Å². The number of benzene rings is 2. The molecule has 0 radical (unpaired) electrons. The molecule has 4 nitrogen and oxygen atoms in total. The van der Waals surface area contributed by atoms with Crippen molar-refractivity contribution >= 4 is 16.9 Å². The van der Waals surface area contributed by atoms with Crippen molar-refractivity contribution in [2.45, 2.75) is 45.6 Å². The number of rotatable bonds is 5. The first-order valence-electron chi connectivity index (χ1n) is 10.1. The van der Waals surface area contributed by atoms with Gasteiger partial charge in [-0.2, -0.15) is 0 Å². The third kappa shape index (κ3) is 4.08. The van der Waals surface area contributed by atoms with Crippen molar-refractivity contribution < 1.29 is 9.18 Å². The van der Waals surface area contributed by atoms with Gasteiger partial charge in [0.15, 0.2) is 0 Å². The number of nitrogens with zero attached hydrogens (tertiary/aromatic N) is 1. The average Bonchev–Trinajstić information content (AvgIpc) is 3.12. The summed E-state index contributed by atoms with van der Waals surface area (Å²) in [6.45, 7) is 2.34. The fraction of sp³-hybridized carbons (Fsp3) is 0.391. The van der Waals surface area contributed by atoms with Gasteiger partial charge in [-0.05, 0) is 56.2 Å². The molecule has 0 atom stereocenters. The quantitative estimate of drug-likeness (QED) is 0.676. The highest BCUT2D eigenvalue weighted by molar-refractivity contribution is 5.79. The standard InChI is InChI=1S/C23H26FN3O/c1-15-5-4-8-20-22(15)27-21(26-20)13-16-9-11-17(12-10-16)23(28)25-14-18-6-2-3-7-19(18)24/h2-8,16-17H,9-14H2,1H3,(H,25,28)(H,26,27). The highest BCUT2D eigenvalue weighted by atomic mass is 19.1. The van der Waals surface area contributed by atoms with E-state index in [1.165, 1.54) is 11.6 Å². The van der Waals surface area contributed by atoms with Crippen LogP contribution in [0.25, 0.3) is 11.0 Å². The Morgan fingerprint density at radius 2 is 1.93 bits per heavy atom. The number of amides is 1. The first kappa shape index (κ1) is 18.7. The maximum Gasteiger partial charge on any atom is 0.223 e. The Bertz CT molecular complexity index is 973. The van der Waals surface area contributed by atoms with Crippen LogP contribution in [-0.4, -0.2) is 15.9 Å². The summed E-state index contributed by atoms with van der Waals surface area (Å²) in [4.78, 5) is 20.6. The lowest BCUT2D eigenvalue weighted by molar-refractivity contribution is -0.126. The van der Waals surface area contributed by atoms with E-state index < -0.39 is 0 Å². The van der Waals surface area contributed by atoms with Gasteiger partial charge in [0.2, 0.25) is 5.91 Å². The lowest BCUT2D eigenvalue weighted by Crippen LogP contribution is -2.33. The SMILES string of the molecule is Cc1cccc2[nH]c(CC3CCC(C(=O)NCc4ccccc4F)CC3)nc12. The van der Waals surface area contributed by atoms with Crippen LogP contribution in [0, 0.1) is 24.6 Å². The van der Waals surface area contributed by atoms with E-state index in [-0.39, 0.29) is 24.2 Å². The summed E-state index contributed by atoms with van der Waals surface area (Å²) in [5.41, 5.74) is 3.87. The fourth-order valence-electron chi connectivity index (χ4n) is 4.19. The molecule has 146 valence electrons. The van der Waals surface area contributed by atoms with Gasteiger partial charge in [0.25, 0.3) is 0 Å².